The molecular weight excluding hydrogens is 395 g/mol. The first-order valence-electron chi connectivity index (χ1n) is 8.62. The van der Waals surface area contributed by atoms with Crippen molar-refractivity contribution in [1.82, 2.24) is 4.90 Å². The molecule has 0 unspecified atom stereocenters. The first-order valence-corrected chi connectivity index (χ1v) is 9.37. The minimum atomic E-state index is -0.811. The van der Waals surface area contributed by atoms with Gasteiger partial charge in [0, 0.05) is 15.7 Å². The summed E-state index contributed by atoms with van der Waals surface area (Å²) in [5.74, 6) is -2.69. The van der Waals surface area contributed by atoms with E-state index in [9.17, 15) is 19.2 Å². The van der Waals surface area contributed by atoms with Crippen molar-refractivity contribution in [2.45, 2.75) is 25.7 Å². The van der Waals surface area contributed by atoms with Crippen LogP contribution in [0.1, 0.15) is 25.7 Å². The molecule has 0 bridgehead atoms. The molecule has 1 saturated heterocycles. The van der Waals surface area contributed by atoms with Crippen molar-refractivity contribution in [2.75, 3.05) is 18.5 Å². The molecule has 2 fully saturated rings. The number of benzene rings is 1. The van der Waals surface area contributed by atoms with E-state index in [1.54, 1.807) is 0 Å². The highest BCUT2D eigenvalue weighted by Crippen LogP contribution is 2.37. The highest BCUT2D eigenvalue weighted by Gasteiger charge is 2.48. The molecule has 1 aromatic carbocycles. The number of likely N-dealkylation sites (tertiary alicyclic amines) is 1. The van der Waals surface area contributed by atoms with E-state index < -0.39 is 25.0 Å². The Morgan fingerprint density at radius 1 is 1.04 bits per heavy atom. The van der Waals surface area contributed by atoms with Crippen LogP contribution in [0.25, 0.3) is 0 Å². The highest BCUT2D eigenvalue weighted by atomic mass is 35.5. The van der Waals surface area contributed by atoms with Gasteiger partial charge < -0.3 is 10.1 Å². The second-order valence-electron chi connectivity index (χ2n) is 6.63. The van der Waals surface area contributed by atoms with E-state index in [1.165, 1.54) is 18.2 Å². The Kier molecular flexibility index (Phi) is 6.01. The lowest BCUT2D eigenvalue weighted by Gasteiger charge is -2.19. The van der Waals surface area contributed by atoms with Crippen molar-refractivity contribution in [3.63, 3.8) is 0 Å². The Morgan fingerprint density at radius 3 is 2.15 bits per heavy atom. The molecule has 1 aromatic rings. The van der Waals surface area contributed by atoms with Gasteiger partial charge in [-0.05, 0) is 31.0 Å². The zero-order valence-corrected chi connectivity index (χ0v) is 15.9. The van der Waals surface area contributed by atoms with Crippen LogP contribution in [-0.4, -0.2) is 41.7 Å². The minimum absolute atomic E-state index is 0.320. The Balaban J connectivity index is 1.50. The van der Waals surface area contributed by atoms with Crippen LogP contribution in [0.15, 0.2) is 18.2 Å². The van der Waals surface area contributed by atoms with Crippen LogP contribution < -0.4 is 5.32 Å². The molecule has 1 aliphatic heterocycles. The van der Waals surface area contributed by atoms with Crippen molar-refractivity contribution in [3.05, 3.63) is 28.2 Å². The van der Waals surface area contributed by atoms with Gasteiger partial charge in [0.05, 0.1) is 11.8 Å². The predicted molar refractivity (Wildman–Crippen MR) is 98.2 cm³/mol. The molecule has 9 heteroatoms. The van der Waals surface area contributed by atoms with Gasteiger partial charge >= 0.3 is 5.97 Å². The van der Waals surface area contributed by atoms with Gasteiger partial charge in [-0.2, -0.15) is 0 Å². The van der Waals surface area contributed by atoms with Crippen LogP contribution >= 0.6 is 23.2 Å². The summed E-state index contributed by atoms with van der Waals surface area (Å²) >= 11 is 11.7. The van der Waals surface area contributed by atoms with E-state index in [2.05, 4.69) is 5.32 Å². The Bertz CT molecular complexity index is 754. The van der Waals surface area contributed by atoms with Crippen LogP contribution in [0.2, 0.25) is 10.0 Å². The molecule has 0 spiro atoms. The van der Waals surface area contributed by atoms with Crippen LogP contribution in [0.3, 0.4) is 0 Å². The number of rotatable bonds is 5. The van der Waals surface area contributed by atoms with Crippen LogP contribution in [0, 0.1) is 11.8 Å². The quantitative estimate of drug-likeness (QED) is 0.592. The maximum Gasteiger partial charge on any atom is 0.326 e. The normalized spacial score (nSPS) is 21.8. The molecule has 0 radical (unpaired) electrons. The number of nitrogens with one attached hydrogen (secondary N) is 1. The van der Waals surface area contributed by atoms with E-state index in [4.69, 9.17) is 27.9 Å². The number of carbonyl (C=O) groups excluding carboxylic acids is 4. The van der Waals surface area contributed by atoms with Crippen LogP contribution in [-0.2, 0) is 23.9 Å². The summed E-state index contributed by atoms with van der Waals surface area (Å²) < 4.78 is 4.89. The lowest BCUT2D eigenvalue weighted by molar-refractivity contribution is -0.154. The third-order valence-corrected chi connectivity index (χ3v) is 5.17. The Hall–Kier alpha value is -2.12. The first-order chi connectivity index (χ1) is 12.8. The van der Waals surface area contributed by atoms with E-state index in [0.29, 0.717) is 28.6 Å². The average molecular weight is 413 g/mol. The third-order valence-electron chi connectivity index (χ3n) is 4.73. The second-order valence-corrected chi connectivity index (χ2v) is 7.50. The number of carbonyl (C=O) groups is 4. The van der Waals surface area contributed by atoms with Gasteiger partial charge in [0.1, 0.15) is 6.54 Å². The van der Waals surface area contributed by atoms with Crippen molar-refractivity contribution in [3.8, 4) is 0 Å². The largest absolute Gasteiger partial charge is 0.454 e. The van der Waals surface area contributed by atoms with E-state index in [-0.39, 0.29) is 23.7 Å². The average Bonchev–Trinajstić information content (AvgIpc) is 2.84. The molecule has 7 nitrogen and oxygen atoms in total. The lowest BCUT2D eigenvalue weighted by Crippen LogP contribution is -2.37. The minimum Gasteiger partial charge on any atom is -0.454 e. The fourth-order valence-electron chi connectivity index (χ4n) is 3.53. The standard InChI is InChI=1S/C18H18Cl2N2O5/c19-10-5-11(20)7-12(6-10)21-15(23)9-27-16(24)8-22-17(25)13-3-1-2-4-14(13)18(22)26/h5-7,13-14H,1-4,8-9H2,(H,21,23)/t13-,14-/m1/s1. The summed E-state index contributed by atoms with van der Waals surface area (Å²) in [5.41, 5.74) is 0.363. The Morgan fingerprint density at radius 2 is 1.59 bits per heavy atom. The number of anilines is 1. The summed E-state index contributed by atoms with van der Waals surface area (Å²) in [6.45, 7) is -1.02. The molecular formula is C18H18Cl2N2O5. The zero-order chi connectivity index (χ0) is 19.6. The van der Waals surface area contributed by atoms with E-state index in [1.807, 2.05) is 0 Å². The monoisotopic (exact) mass is 412 g/mol. The summed E-state index contributed by atoms with van der Waals surface area (Å²) in [4.78, 5) is 49.5. The SMILES string of the molecule is O=C(COC(=O)CN1C(=O)[C@@H]2CCCC[C@H]2C1=O)Nc1cc(Cl)cc(Cl)c1. The molecule has 3 rings (SSSR count). The molecule has 1 saturated carbocycles. The molecule has 2 atom stereocenters. The topological polar surface area (TPSA) is 92.8 Å². The van der Waals surface area contributed by atoms with Gasteiger partial charge in [0.15, 0.2) is 6.61 Å². The van der Waals surface area contributed by atoms with Crippen molar-refractivity contribution in [1.29, 1.82) is 0 Å². The maximum absolute atomic E-state index is 12.3. The molecule has 0 aromatic heterocycles. The van der Waals surface area contributed by atoms with Crippen molar-refractivity contribution < 1.29 is 23.9 Å². The van der Waals surface area contributed by atoms with Crippen LogP contribution in [0.5, 0.6) is 0 Å². The molecule has 1 heterocycles. The molecule has 1 N–H and O–H groups in total. The van der Waals surface area contributed by atoms with Gasteiger partial charge in [-0.25, -0.2) is 0 Å². The van der Waals surface area contributed by atoms with Gasteiger partial charge in [-0.15, -0.1) is 0 Å². The van der Waals surface area contributed by atoms with Gasteiger partial charge in [-0.3, -0.25) is 24.1 Å². The molecule has 2 aliphatic rings. The zero-order valence-electron chi connectivity index (χ0n) is 14.4. The van der Waals surface area contributed by atoms with Gasteiger partial charge in [0.25, 0.3) is 5.91 Å². The second kappa shape index (κ2) is 8.27. The van der Waals surface area contributed by atoms with Gasteiger partial charge in [0.2, 0.25) is 11.8 Å². The lowest BCUT2D eigenvalue weighted by atomic mass is 9.81. The summed E-state index contributed by atoms with van der Waals surface area (Å²) in [7, 11) is 0. The van der Waals surface area contributed by atoms with Gasteiger partial charge in [-0.1, -0.05) is 36.0 Å². The summed E-state index contributed by atoms with van der Waals surface area (Å²) in [5, 5.41) is 3.20. The number of nitrogens with zero attached hydrogens (tertiary/aromatic N) is 1. The number of esters is 1. The fourth-order valence-corrected chi connectivity index (χ4v) is 4.06. The number of hydrogen-bond donors (Lipinski definition) is 1. The molecule has 1 aliphatic carbocycles. The molecule has 27 heavy (non-hydrogen) atoms. The van der Waals surface area contributed by atoms with E-state index in [0.717, 1.165) is 17.7 Å². The number of hydrogen-bond acceptors (Lipinski definition) is 5. The number of amides is 3. The third kappa shape index (κ3) is 4.59. The number of ether oxygens (including phenoxy) is 1. The molecule has 3 amide bonds. The predicted octanol–water partition coefficient (Wildman–Crippen LogP) is 2.65. The Labute approximate surface area is 165 Å². The van der Waals surface area contributed by atoms with Crippen molar-refractivity contribution in [2.24, 2.45) is 11.8 Å². The van der Waals surface area contributed by atoms with Crippen LogP contribution in [0.4, 0.5) is 5.69 Å². The smallest absolute Gasteiger partial charge is 0.326 e. The maximum atomic E-state index is 12.3. The molecule has 144 valence electrons. The van der Waals surface area contributed by atoms with E-state index >= 15 is 0 Å². The first kappa shape index (κ1) is 19.6. The fraction of sp³-hybridized carbons (Fsp3) is 0.444. The summed E-state index contributed by atoms with van der Waals surface area (Å²) in [6.07, 6.45) is 3.16. The number of halogens is 2. The highest BCUT2D eigenvalue weighted by molar-refractivity contribution is 6.35. The number of fused-ring (bicyclic) bond motifs is 1. The number of imide groups is 1. The van der Waals surface area contributed by atoms with Crippen molar-refractivity contribution >= 4 is 52.6 Å². The summed E-state index contributed by atoms with van der Waals surface area (Å²) in [6, 6.07) is 4.51.